The van der Waals surface area contributed by atoms with Crippen LogP contribution in [0.5, 0.6) is 5.75 Å². The number of benzene rings is 1. The van der Waals surface area contributed by atoms with Crippen molar-refractivity contribution in [3.63, 3.8) is 0 Å². The number of hydrogen-bond acceptors (Lipinski definition) is 4. The molecule has 2 aromatic rings. The summed E-state index contributed by atoms with van der Waals surface area (Å²) < 4.78 is 10.9. The van der Waals surface area contributed by atoms with E-state index in [1.165, 1.54) is 25.0 Å². The number of aromatic carboxylic acids is 1. The quantitative estimate of drug-likeness (QED) is 0.815. The Morgan fingerprint density at radius 3 is 2.67 bits per heavy atom. The van der Waals surface area contributed by atoms with E-state index in [9.17, 15) is 9.59 Å². The summed E-state index contributed by atoms with van der Waals surface area (Å²) in [5, 5.41) is 11.5. The van der Waals surface area contributed by atoms with Crippen molar-refractivity contribution >= 4 is 11.9 Å². The van der Waals surface area contributed by atoms with E-state index in [1.54, 1.807) is 0 Å². The van der Waals surface area contributed by atoms with Gasteiger partial charge < -0.3 is 19.6 Å². The van der Waals surface area contributed by atoms with E-state index in [1.807, 2.05) is 25.1 Å². The van der Waals surface area contributed by atoms with Gasteiger partial charge in [0.05, 0.1) is 6.61 Å². The molecule has 0 atom stereocenters. The van der Waals surface area contributed by atoms with Crippen LogP contribution in [0.2, 0.25) is 0 Å². The SMILES string of the molecule is Cc1ccc(CNC(=O)c2ccc(C(=O)O)o2)c(OCC2CC2)c1. The number of carbonyl (C=O) groups excluding carboxylic acids is 1. The van der Waals surface area contributed by atoms with Crippen molar-refractivity contribution in [2.24, 2.45) is 5.92 Å². The van der Waals surface area contributed by atoms with Crippen molar-refractivity contribution in [1.82, 2.24) is 5.32 Å². The van der Waals surface area contributed by atoms with Crippen molar-refractivity contribution in [2.75, 3.05) is 6.61 Å². The van der Waals surface area contributed by atoms with Crippen LogP contribution in [-0.4, -0.2) is 23.6 Å². The molecule has 2 N–H and O–H groups in total. The van der Waals surface area contributed by atoms with E-state index >= 15 is 0 Å². The third kappa shape index (κ3) is 3.95. The minimum atomic E-state index is -1.21. The molecule has 1 aliphatic rings. The lowest BCUT2D eigenvalue weighted by atomic mass is 10.1. The van der Waals surface area contributed by atoms with E-state index in [0.717, 1.165) is 16.9 Å². The predicted octanol–water partition coefficient (Wildman–Crippen LogP) is 3.01. The molecule has 1 heterocycles. The third-order valence-corrected chi connectivity index (χ3v) is 3.87. The van der Waals surface area contributed by atoms with Gasteiger partial charge >= 0.3 is 5.97 Å². The van der Waals surface area contributed by atoms with Crippen LogP contribution >= 0.6 is 0 Å². The van der Waals surface area contributed by atoms with E-state index in [2.05, 4.69) is 5.32 Å². The van der Waals surface area contributed by atoms with Gasteiger partial charge in [0.15, 0.2) is 5.76 Å². The van der Waals surface area contributed by atoms with Crippen LogP contribution in [0, 0.1) is 12.8 Å². The van der Waals surface area contributed by atoms with Crippen LogP contribution in [0.1, 0.15) is 45.1 Å². The predicted molar refractivity (Wildman–Crippen MR) is 86.2 cm³/mol. The summed E-state index contributed by atoms with van der Waals surface area (Å²) in [7, 11) is 0. The highest BCUT2D eigenvalue weighted by Gasteiger charge is 2.22. The molecule has 24 heavy (non-hydrogen) atoms. The minimum Gasteiger partial charge on any atom is -0.493 e. The van der Waals surface area contributed by atoms with Gasteiger partial charge in [-0.25, -0.2) is 4.79 Å². The lowest BCUT2D eigenvalue weighted by Crippen LogP contribution is -2.22. The highest BCUT2D eigenvalue weighted by atomic mass is 16.5. The lowest BCUT2D eigenvalue weighted by Gasteiger charge is -2.12. The molecule has 0 unspecified atom stereocenters. The van der Waals surface area contributed by atoms with Crippen molar-refractivity contribution in [3.05, 3.63) is 53.0 Å². The van der Waals surface area contributed by atoms with Gasteiger partial charge in [-0.05, 0) is 49.4 Å². The summed E-state index contributed by atoms with van der Waals surface area (Å²) in [5.74, 6) is -0.540. The zero-order valence-electron chi connectivity index (χ0n) is 13.4. The first-order valence-electron chi connectivity index (χ1n) is 7.86. The summed E-state index contributed by atoms with van der Waals surface area (Å²) in [6.45, 7) is 2.97. The summed E-state index contributed by atoms with van der Waals surface area (Å²) in [5.41, 5.74) is 1.97. The van der Waals surface area contributed by atoms with Gasteiger partial charge in [-0.15, -0.1) is 0 Å². The number of furan rings is 1. The number of ether oxygens (including phenoxy) is 1. The monoisotopic (exact) mass is 329 g/mol. The second-order valence-electron chi connectivity index (χ2n) is 6.02. The molecule has 126 valence electrons. The lowest BCUT2D eigenvalue weighted by molar-refractivity contribution is 0.0659. The first-order valence-corrected chi connectivity index (χ1v) is 7.86. The summed E-state index contributed by atoms with van der Waals surface area (Å²) >= 11 is 0. The first kappa shape index (κ1) is 16.1. The van der Waals surface area contributed by atoms with Crippen molar-refractivity contribution in [1.29, 1.82) is 0 Å². The molecule has 1 aliphatic carbocycles. The van der Waals surface area contributed by atoms with E-state index in [-0.39, 0.29) is 18.1 Å². The Morgan fingerprint density at radius 1 is 1.25 bits per heavy atom. The van der Waals surface area contributed by atoms with Gasteiger partial charge in [0, 0.05) is 12.1 Å². The third-order valence-electron chi connectivity index (χ3n) is 3.87. The molecule has 1 aromatic carbocycles. The summed E-state index contributed by atoms with van der Waals surface area (Å²) in [6, 6.07) is 8.44. The molecule has 1 aromatic heterocycles. The maximum absolute atomic E-state index is 12.1. The van der Waals surface area contributed by atoms with Crippen molar-refractivity contribution < 1.29 is 23.8 Å². The molecule has 0 bridgehead atoms. The van der Waals surface area contributed by atoms with Gasteiger partial charge in [-0.1, -0.05) is 12.1 Å². The second-order valence-corrected chi connectivity index (χ2v) is 6.02. The van der Waals surface area contributed by atoms with Crippen LogP contribution < -0.4 is 10.1 Å². The first-order chi connectivity index (χ1) is 11.5. The molecule has 1 fully saturated rings. The fourth-order valence-corrected chi connectivity index (χ4v) is 2.27. The normalized spacial score (nSPS) is 13.5. The minimum absolute atomic E-state index is 0.0278. The number of aryl methyl sites for hydroxylation is 1. The average Bonchev–Trinajstić information content (AvgIpc) is 3.24. The Balaban J connectivity index is 1.64. The Bertz CT molecular complexity index is 761. The molecular formula is C18H19NO5. The maximum atomic E-state index is 12.1. The fraction of sp³-hybridized carbons (Fsp3) is 0.333. The van der Waals surface area contributed by atoms with Crippen molar-refractivity contribution in [2.45, 2.75) is 26.3 Å². The largest absolute Gasteiger partial charge is 0.493 e. The fourth-order valence-electron chi connectivity index (χ4n) is 2.27. The highest BCUT2D eigenvalue weighted by Crippen LogP contribution is 2.30. The van der Waals surface area contributed by atoms with Crippen LogP contribution in [0.15, 0.2) is 34.7 Å². The smallest absolute Gasteiger partial charge is 0.371 e. The Kier molecular flexibility index (Phi) is 4.55. The highest BCUT2D eigenvalue weighted by molar-refractivity contribution is 5.93. The van der Waals surface area contributed by atoms with Gasteiger partial charge in [0.1, 0.15) is 5.75 Å². The van der Waals surface area contributed by atoms with Crippen LogP contribution in [0.4, 0.5) is 0 Å². The molecule has 1 amide bonds. The Morgan fingerprint density at radius 2 is 2.00 bits per heavy atom. The molecule has 0 radical (unpaired) electrons. The topological polar surface area (TPSA) is 88.8 Å². The zero-order chi connectivity index (χ0) is 17.1. The van der Waals surface area contributed by atoms with Gasteiger partial charge in [-0.3, -0.25) is 4.79 Å². The van der Waals surface area contributed by atoms with E-state index in [0.29, 0.717) is 12.5 Å². The number of carboxylic acid groups (broad SMARTS) is 1. The molecule has 6 nitrogen and oxygen atoms in total. The zero-order valence-corrected chi connectivity index (χ0v) is 13.4. The summed E-state index contributed by atoms with van der Waals surface area (Å²) in [6.07, 6.45) is 2.42. The Labute approximate surface area is 139 Å². The number of hydrogen-bond donors (Lipinski definition) is 2. The molecule has 0 aliphatic heterocycles. The number of nitrogens with one attached hydrogen (secondary N) is 1. The van der Waals surface area contributed by atoms with Crippen LogP contribution in [-0.2, 0) is 6.54 Å². The second kappa shape index (κ2) is 6.78. The molecule has 1 saturated carbocycles. The Hall–Kier alpha value is -2.76. The van der Waals surface area contributed by atoms with Crippen LogP contribution in [0.25, 0.3) is 0 Å². The van der Waals surface area contributed by atoms with E-state index in [4.69, 9.17) is 14.3 Å². The van der Waals surface area contributed by atoms with Gasteiger partial charge in [0.25, 0.3) is 5.91 Å². The molecule has 0 spiro atoms. The maximum Gasteiger partial charge on any atom is 0.371 e. The molecule has 3 rings (SSSR count). The van der Waals surface area contributed by atoms with Crippen molar-refractivity contribution in [3.8, 4) is 5.75 Å². The van der Waals surface area contributed by atoms with Gasteiger partial charge in [-0.2, -0.15) is 0 Å². The number of carbonyl (C=O) groups is 2. The average molecular weight is 329 g/mol. The summed E-state index contributed by atoms with van der Waals surface area (Å²) in [4.78, 5) is 22.9. The number of amides is 1. The molecule has 0 saturated heterocycles. The van der Waals surface area contributed by atoms with E-state index < -0.39 is 11.9 Å². The number of carboxylic acids is 1. The molecule has 6 heteroatoms. The number of rotatable bonds is 7. The van der Waals surface area contributed by atoms with Gasteiger partial charge in [0.2, 0.25) is 5.76 Å². The van der Waals surface area contributed by atoms with Crippen LogP contribution in [0.3, 0.4) is 0 Å². The molecular weight excluding hydrogens is 310 g/mol. The standard InChI is InChI=1S/C18H19NO5/c1-11-2-5-13(16(8-11)23-10-12-3-4-12)9-19-17(20)14-6-7-15(24-14)18(21)22/h2,5-8,12H,3-4,9-10H2,1H3,(H,19,20)(H,21,22).